The summed E-state index contributed by atoms with van der Waals surface area (Å²) in [6.45, 7) is 2.17. The molecule has 2 aromatic carbocycles. The van der Waals surface area contributed by atoms with Crippen molar-refractivity contribution in [3.05, 3.63) is 97.8 Å². The summed E-state index contributed by atoms with van der Waals surface area (Å²) in [4.78, 5) is 27.6. The van der Waals surface area contributed by atoms with Crippen LogP contribution in [0.2, 0.25) is 0 Å². The summed E-state index contributed by atoms with van der Waals surface area (Å²) in [5.74, 6) is -0.326. The lowest BCUT2D eigenvalue weighted by molar-refractivity contribution is 0.626. The number of thiophene rings is 1. The average molecular weight is 366 g/mol. The predicted molar refractivity (Wildman–Crippen MR) is 102 cm³/mol. The number of aromatic nitrogens is 2. The highest BCUT2D eigenvalue weighted by atomic mass is 32.1. The lowest BCUT2D eigenvalue weighted by atomic mass is 10.2. The number of nitrogens with zero attached hydrogens (tertiary/aromatic N) is 2. The maximum absolute atomic E-state index is 13.2. The topological polar surface area (TPSA) is 44.0 Å². The minimum Gasteiger partial charge on any atom is -0.280 e. The van der Waals surface area contributed by atoms with Crippen molar-refractivity contribution < 1.29 is 4.39 Å². The van der Waals surface area contributed by atoms with E-state index in [9.17, 15) is 14.0 Å². The van der Waals surface area contributed by atoms with Crippen LogP contribution in [-0.2, 0) is 6.54 Å². The Morgan fingerprint density at radius 1 is 1.00 bits per heavy atom. The second-order valence-electron chi connectivity index (χ2n) is 6.05. The molecule has 0 spiro atoms. The van der Waals surface area contributed by atoms with Gasteiger partial charge in [0.25, 0.3) is 5.56 Å². The van der Waals surface area contributed by atoms with Crippen molar-refractivity contribution in [2.24, 2.45) is 0 Å². The van der Waals surface area contributed by atoms with E-state index in [1.807, 2.05) is 19.1 Å². The fourth-order valence-corrected chi connectivity index (χ4v) is 3.98. The molecule has 0 aliphatic heterocycles. The summed E-state index contributed by atoms with van der Waals surface area (Å²) in [5, 5.41) is 0.512. The predicted octanol–water partition coefficient (Wildman–Crippen LogP) is 3.71. The summed E-state index contributed by atoms with van der Waals surface area (Å²) in [5.41, 5.74) is 0.594. The van der Waals surface area contributed by atoms with Crippen LogP contribution in [-0.4, -0.2) is 9.13 Å². The van der Waals surface area contributed by atoms with Crippen molar-refractivity contribution in [1.29, 1.82) is 0 Å². The van der Waals surface area contributed by atoms with Crippen molar-refractivity contribution in [3.8, 4) is 5.69 Å². The van der Waals surface area contributed by atoms with Gasteiger partial charge in [0, 0.05) is 4.88 Å². The van der Waals surface area contributed by atoms with E-state index in [1.165, 1.54) is 28.0 Å². The molecule has 0 aliphatic carbocycles. The number of rotatable bonds is 3. The number of aryl methyl sites for hydroxylation is 1. The molecular formula is C20H15FN2O2S. The molecule has 0 unspecified atom stereocenters. The lowest BCUT2D eigenvalue weighted by Crippen LogP contribution is -2.38. The quantitative estimate of drug-likeness (QED) is 0.555. The molecule has 4 aromatic rings. The normalized spacial score (nSPS) is 11.2. The lowest BCUT2D eigenvalue weighted by Gasteiger charge is -2.12. The number of halogens is 1. The Hall–Kier alpha value is -2.99. The van der Waals surface area contributed by atoms with Gasteiger partial charge in [-0.1, -0.05) is 30.3 Å². The Kier molecular flexibility index (Phi) is 4.05. The highest BCUT2D eigenvalue weighted by molar-refractivity contribution is 7.18. The van der Waals surface area contributed by atoms with Crippen LogP contribution >= 0.6 is 11.3 Å². The molecule has 0 fully saturated rings. The number of para-hydroxylation sites is 1. The molecule has 0 saturated heterocycles. The Morgan fingerprint density at radius 3 is 2.38 bits per heavy atom. The van der Waals surface area contributed by atoms with Gasteiger partial charge in [0.2, 0.25) is 0 Å². The third-order valence-corrected chi connectivity index (χ3v) is 5.28. The van der Waals surface area contributed by atoms with E-state index < -0.39 is 5.69 Å². The van der Waals surface area contributed by atoms with E-state index in [-0.39, 0.29) is 17.9 Å². The second kappa shape index (κ2) is 6.38. The molecule has 0 N–H and O–H groups in total. The summed E-state index contributed by atoms with van der Waals surface area (Å²) in [6.07, 6.45) is 0. The van der Waals surface area contributed by atoms with Gasteiger partial charge in [-0.25, -0.2) is 13.8 Å². The van der Waals surface area contributed by atoms with Crippen LogP contribution < -0.4 is 11.2 Å². The van der Waals surface area contributed by atoms with Gasteiger partial charge in [-0.05, 0) is 42.8 Å². The zero-order valence-electron chi connectivity index (χ0n) is 14.0. The summed E-state index contributed by atoms with van der Waals surface area (Å²) in [7, 11) is 0. The molecule has 4 rings (SSSR count). The molecule has 130 valence electrons. The fourth-order valence-electron chi connectivity index (χ4n) is 2.99. The third kappa shape index (κ3) is 2.78. The zero-order chi connectivity index (χ0) is 18.3. The van der Waals surface area contributed by atoms with Gasteiger partial charge in [-0.3, -0.25) is 9.36 Å². The van der Waals surface area contributed by atoms with Gasteiger partial charge in [0.05, 0.1) is 17.6 Å². The van der Waals surface area contributed by atoms with Crippen molar-refractivity contribution in [2.45, 2.75) is 13.5 Å². The maximum Gasteiger partial charge on any atom is 0.337 e. The molecule has 0 bridgehead atoms. The smallest absolute Gasteiger partial charge is 0.280 e. The van der Waals surface area contributed by atoms with Gasteiger partial charge in [-0.15, -0.1) is 11.3 Å². The van der Waals surface area contributed by atoms with Crippen LogP contribution in [0.5, 0.6) is 0 Å². The van der Waals surface area contributed by atoms with E-state index in [1.54, 1.807) is 41.0 Å². The van der Waals surface area contributed by atoms with Crippen LogP contribution in [0, 0.1) is 12.7 Å². The summed E-state index contributed by atoms with van der Waals surface area (Å²) < 4.78 is 16.0. The van der Waals surface area contributed by atoms with Crippen molar-refractivity contribution >= 4 is 21.6 Å². The molecule has 0 radical (unpaired) electrons. The molecule has 0 saturated carbocycles. The van der Waals surface area contributed by atoms with E-state index in [4.69, 9.17) is 0 Å². The van der Waals surface area contributed by atoms with Crippen LogP contribution in [0.15, 0.2) is 70.3 Å². The van der Waals surface area contributed by atoms with Crippen LogP contribution in [0.4, 0.5) is 4.39 Å². The number of fused-ring (bicyclic) bond motifs is 1. The first-order valence-electron chi connectivity index (χ1n) is 8.10. The Morgan fingerprint density at radius 2 is 1.69 bits per heavy atom. The number of hydrogen-bond donors (Lipinski definition) is 0. The molecule has 2 heterocycles. The Bertz CT molecular complexity index is 1210. The fraction of sp³-hybridized carbons (Fsp3) is 0.100. The van der Waals surface area contributed by atoms with Crippen molar-refractivity contribution in [1.82, 2.24) is 9.13 Å². The Labute approximate surface area is 152 Å². The number of hydrogen-bond acceptors (Lipinski definition) is 3. The Balaban J connectivity index is 2.01. The van der Waals surface area contributed by atoms with Gasteiger partial charge in [-0.2, -0.15) is 0 Å². The largest absolute Gasteiger partial charge is 0.337 e. The first-order valence-corrected chi connectivity index (χ1v) is 8.92. The second-order valence-corrected chi connectivity index (χ2v) is 7.28. The zero-order valence-corrected chi connectivity index (χ0v) is 14.8. The maximum atomic E-state index is 13.2. The minimum atomic E-state index is -0.403. The minimum absolute atomic E-state index is 0.267. The van der Waals surface area contributed by atoms with Gasteiger partial charge >= 0.3 is 5.69 Å². The molecule has 2 aromatic heterocycles. The first-order chi connectivity index (χ1) is 12.5. The van der Waals surface area contributed by atoms with Crippen molar-refractivity contribution in [3.63, 3.8) is 0 Å². The first kappa shape index (κ1) is 16.5. The summed E-state index contributed by atoms with van der Waals surface area (Å²) in [6, 6.07) is 16.7. The SMILES string of the molecule is Cc1cc2c(=O)n(-c3ccccc3)c(=O)n(Cc3ccc(F)cc3)c2s1. The molecule has 6 heteroatoms. The molecule has 4 nitrogen and oxygen atoms in total. The van der Waals surface area contributed by atoms with E-state index >= 15 is 0 Å². The van der Waals surface area contributed by atoms with E-state index in [2.05, 4.69) is 0 Å². The van der Waals surface area contributed by atoms with Crippen LogP contribution in [0.3, 0.4) is 0 Å². The molecule has 0 amide bonds. The molecule has 0 atom stereocenters. The van der Waals surface area contributed by atoms with Crippen molar-refractivity contribution in [2.75, 3.05) is 0 Å². The van der Waals surface area contributed by atoms with Crippen LogP contribution in [0.25, 0.3) is 15.9 Å². The van der Waals surface area contributed by atoms with Gasteiger partial charge in [0.1, 0.15) is 10.6 Å². The monoisotopic (exact) mass is 366 g/mol. The third-order valence-electron chi connectivity index (χ3n) is 4.20. The molecule has 26 heavy (non-hydrogen) atoms. The van der Waals surface area contributed by atoms with Crippen LogP contribution in [0.1, 0.15) is 10.4 Å². The highest BCUT2D eigenvalue weighted by Crippen LogP contribution is 2.22. The molecular weight excluding hydrogens is 351 g/mol. The van der Waals surface area contributed by atoms with E-state index in [0.717, 1.165) is 10.4 Å². The van der Waals surface area contributed by atoms with Gasteiger partial charge in [0.15, 0.2) is 0 Å². The average Bonchev–Trinajstić information content (AvgIpc) is 3.03. The van der Waals surface area contributed by atoms with Gasteiger partial charge < -0.3 is 0 Å². The highest BCUT2D eigenvalue weighted by Gasteiger charge is 2.16. The standard InChI is InChI=1S/C20H15FN2O2S/c1-13-11-17-18(24)23(16-5-3-2-4-6-16)20(25)22(19(17)26-13)12-14-7-9-15(21)10-8-14/h2-11H,12H2,1H3. The van der Waals surface area contributed by atoms with E-state index in [0.29, 0.717) is 15.9 Å². The summed E-state index contributed by atoms with van der Waals surface area (Å²) >= 11 is 1.41. The molecule has 0 aliphatic rings. The number of benzene rings is 2.